The Kier molecular flexibility index (Phi) is 2.28. The molecule has 0 aromatic carbocycles. The first-order valence-electron chi connectivity index (χ1n) is 3.94. The SMILES string of the molecule is CNCc1nccn2c(Br)cnc12. The zero-order chi connectivity index (χ0) is 9.26. The van der Waals surface area contributed by atoms with Gasteiger partial charge in [0.05, 0.1) is 11.9 Å². The molecule has 0 fully saturated rings. The average molecular weight is 241 g/mol. The Morgan fingerprint density at radius 1 is 1.54 bits per heavy atom. The largest absolute Gasteiger partial charge is 0.314 e. The lowest BCUT2D eigenvalue weighted by Crippen LogP contribution is -2.08. The van der Waals surface area contributed by atoms with Gasteiger partial charge < -0.3 is 5.32 Å². The number of rotatable bonds is 2. The van der Waals surface area contributed by atoms with Crippen molar-refractivity contribution >= 4 is 21.6 Å². The molecule has 13 heavy (non-hydrogen) atoms. The van der Waals surface area contributed by atoms with Crippen molar-refractivity contribution in [1.29, 1.82) is 0 Å². The van der Waals surface area contributed by atoms with Gasteiger partial charge in [-0.25, -0.2) is 4.98 Å². The molecule has 0 amide bonds. The lowest BCUT2D eigenvalue weighted by Gasteiger charge is -2.01. The average Bonchev–Trinajstić information content (AvgIpc) is 2.50. The molecule has 0 unspecified atom stereocenters. The Morgan fingerprint density at radius 2 is 2.38 bits per heavy atom. The number of imidazole rings is 1. The highest BCUT2D eigenvalue weighted by molar-refractivity contribution is 9.10. The number of fused-ring (bicyclic) bond motifs is 1. The summed E-state index contributed by atoms with van der Waals surface area (Å²) in [4.78, 5) is 8.49. The summed E-state index contributed by atoms with van der Waals surface area (Å²) in [6.07, 6.45) is 5.42. The van der Waals surface area contributed by atoms with E-state index in [-0.39, 0.29) is 0 Å². The molecule has 4 nitrogen and oxygen atoms in total. The van der Waals surface area contributed by atoms with Gasteiger partial charge >= 0.3 is 0 Å². The van der Waals surface area contributed by atoms with Crippen molar-refractivity contribution in [3.63, 3.8) is 0 Å². The third-order valence-electron chi connectivity index (χ3n) is 1.80. The maximum absolute atomic E-state index is 4.25. The molecule has 2 aromatic rings. The fraction of sp³-hybridized carbons (Fsp3) is 0.250. The molecule has 0 radical (unpaired) electrons. The van der Waals surface area contributed by atoms with Gasteiger partial charge in [0.1, 0.15) is 4.60 Å². The van der Waals surface area contributed by atoms with Crippen molar-refractivity contribution in [2.45, 2.75) is 6.54 Å². The highest BCUT2D eigenvalue weighted by Crippen LogP contribution is 2.13. The van der Waals surface area contributed by atoms with Gasteiger partial charge in [-0.2, -0.15) is 0 Å². The van der Waals surface area contributed by atoms with Crippen molar-refractivity contribution in [2.24, 2.45) is 0 Å². The highest BCUT2D eigenvalue weighted by Gasteiger charge is 2.04. The molecule has 0 atom stereocenters. The Bertz CT molecular complexity index is 423. The zero-order valence-corrected chi connectivity index (χ0v) is 8.74. The molecule has 0 spiro atoms. The minimum Gasteiger partial charge on any atom is -0.314 e. The molecule has 68 valence electrons. The van der Waals surface area contributed by atoms with Gasteiger partial charge in [0.25, 0.3) is 0 Å². The maximum atomic E-state index is 4.25. The number of hydrogen-bond acceptors (Lipinski definition) is 3. The van der Waals surface area contributed by atoms with Crippen molar-refractivity contribution in [1.82, 2.24) is 19.7 Å². The molecule has 0 aliphatic carbocycles. The Balaban J connectivity index is 2.63. The van der Waals surface area contributed by atoms with Crippen LogP contribution < -0.4 is 5.32 Å². The number of halogens is 1. The zero-order valence-electron chi connectivity index (χ0n) is 7.16. The van der Waals surface area contributed by atoms with Crippen molar-refractivity contribution in [2.75, 3.05) is 7.05 Å². The third-order valence-corrected chi connectivity index (χ3v) is 2.39. The van der Waals surface area contributed by atoms with Crippen LogP contribution in [0, 0.1) is 0 Å². The van der Waals surface area contributed by atoms with E-state index in [1.54, 1.807) is 12.4 Å². The van der Waals surface area contributed by atoms with Gasteiger partial charge in [0, 0.05) is 18.9 Å². The second-order valence-corrected chi connectivity index (χ2v) is 3.49. The Hall–Kier alpha value is -0.940. The van der Waals surface area contributed by atoms with E-state index in [0.717, 1.165) is 22.5 Å². The number of nitrogens with zero attached hydrogens (tertiary/aromatic N) is 3. The van der Waals surface area contributed by atoms with Crippen LogP contribution in [0.3, 0.4) is 0 Å². The van der Waals surface area contributed by atoms with Crippen LogP contribution in [0.5, 0.6) is 0 Å². The first-order valence-corrected chi connectivity index (χ1v) is 4.73. The van der Waals surface area contributed by atoms with Crippen LogP contribution in [0.4, 0.5) is 0 Å². The van der Waals surface area contributed by atoms with Crippen LogP contribution >= 0.6 is 15.9 Å². The van der Waals surface area contributed by atoms with Gasteiger partial charge in [-0.05, 0) is 23.0 Å². The summed E-state index contributed by atoms with van der Waals surface area (Å²) in [5.74, 6) is 0. The molecule has 0 saturated carbocycles. The van der Waals surface area contributed by atoms with Crippen molar-refractivity contribution < 1.29 is 0 Å². The Labute approximate surface area is 84.1 Å². The van der Waals surface area contributed by atoms with Gasteiger partial charge in [-0.1, -0.05) is 0 Å². The van der Waals surface area contributed by atoms with E-state index >= 15 is 0 Å². The van der Waals surface area contributed by atoms with E-state index in [1.165, 1.54) is 0 Å². The predicted molar refractivity (Wildman–Crippen MR) is 53.5 cm³/mol. The number of aromatic nitrogens is 3. The molecule has 1 N–H and O–H groups in total. The minimum absolute atomic E-state index is 0.730. The van der Waals surface area contributed by atoms with Crippen LogP contribution in [0.2, 0.25) is 0 Å². The van der Waals surface area contributed by atoms with Gasteiger partial charge in [-0.3, -0.25) is 9.38 Å². The fourth-order valence-corrected chi connectivity index (χ4v) is 1.62. The summed E-state index contributed by atoms with van der Waals surface area (Å²) in [6.45, 7) is 0.730. The van der Waals surface area contributed by atoms with Crippen molar-refractivity contribution in [3.05, 3.63) is 28.9 Å². The molecule has 5 heteroatoms. The van der Waals surface area contributed by atoms with Crippen molar-refractivity contribution in [3.8, 4) is 0 Å². The second-order valence-electron chi connectivity index (χ2n) is 2.68. The molecule has 2 aromatic heterocycles. The lowest BCUT2D eigenvalue weighted by atomic mass is 10.4. The lowest BCUT2D eigenvalue weighted by molar-refractivity contribution is 0.788. The smallest absolute Gasteiger partial charge is 0.160 e. The monoisotopic (exact) mass is 240 g/mol. The third kappa shape index (κ3) is 1.45. The molecular formula is C8H9BrN4. The quantitative estimate of drug-likeness (QED) is 0.859. The van der Waals surface area contributed by atoms with E-state index in [4.69, 9.17) is 0 Å². The summed E-state index contributed by atoms with van der Waals surface area (Å²) >= 11 is 3.40. The van der Waals surface area contributed by atoms with E-state index in [0.29, 0.717) is 0 Å². The summed E-state index contributed by atoms with van der Waals surface area (Å²) in [5, 5.41) is 3.05. The van der Waals surface area contributed by atoms with Gasteiger partial charge in [0.2, 0.25) is 0 Å². The molecule has 0 aliphatic heterocycles. The summed E-state index contributed by atoms with van der Waals surface area (Å²) in [7, 11) is 1.89. The number of nitrogens with one attached hydrogen (secondary N) is 1. The summed E-state index contributed by atoms with van der Waals surface area (Å²) in [5.41, 5.74) is 1.85. The van der Waals surface area contributed by atoms with Crippen LogP contribution in [0.15, 0.2) is 23.2 Å². The minimum atomic E-state index is 0.730. The van der Waals surface area contributed by atoms with E-state index in [9.17, 15) is 0 Å². The predicted octanol–water partition coefficient (Wildman–Crippen LogP) is 1.21. The molecule has 0 aliphatic rings. The molecule has 0 bridgehead atoms. The topological polar surface area (TPSA) is 42.2 Å². The Morgan fingerprint density at radius 3 is 3.15 bits per heavy atom. The van der Waals surface area contributed by atoms with Gasteiger partial charge in [0.15, 0.2) is 5.65 Å². The maximum Gasteiger partial charge on any atom is 0.160 e. The fourth-order valence-electron chi connectivity index (χ4n) is 1.24. The molecule has 0 saturated heterocycles. The molecular weight excluding hydrogens is 232 g/mol. The summed E-state index contributed by atoms with van der Waals surface area (Å²) in [6, 6.07) is 0. The standard InChI is InChI=1S/C8H9BrN4/c1-10-4-6-8-12-5-7(9)13(8)3-2-11-6/h2-3,5,10H,4H2,1H3. The summed E-state index contributed by atoms with van der Waals surface area (Å²) < 4.78 is 2.90. The van der Waals surface area contributed by atoms with E-state index in [2.05, 4.69) is 31.2 Å². The van der Waals surface area contributed by atoms with Crippen LogP contribution in [-0.2, 0) is 6.54 Å². The van der Waals surface area contributed by atoms with Crippen LogP contribution in [-0.4, -0.2) is 21.4 Å². The van der Waals surface area contributed by atoms with E-state index < -0.39 is 0 Å². The van der Waals surface area contributed by atoms with Crippen LogP contribution in [0.1, 0.15) is 5.69 Å². The molecule has 2 rings (SSSR count). The van der Waals surface area contributed by atoms with Crippen LogP contribution in [0.25, 0.3) is 5.65 Å². The first kappa shape index (κ1) is 8.65. The molecule has 2 heterocycles. The first-order chi connectivity index (χ1) is 6.33. The normalized spacial score (nSPS) is 10.9. The number of hydrogen-bond donors (Lipinski definition) is 1. The van der Waals surface area contributed by atoms with E-state index in [1.807, 2.05) is 17.6 Å². The second kappa shape index (κ2) is 3.43. The highest BCUT2D eigenvalue weighted by atomic mass is 79.9. The van der Waals surface area contributed by atoms with Gasteiger partial charge in [-0.15, -0.1) is 0 Å².